The molecular formula is C9H11F2N. The van der Waals surface area contributed by atoms with Crippen molar-refractivity contribution in [1.82, 2.24) is 0 Å². The largest absolute Gasteiger partial charge is 0.322 e. The van der Waals surface area contributed by atoms with Crippen molar-refractivity contribution >= 4 is 0 Å². The Labute approximate surface area is 70.2 Å². The summed E-state index contributed by atoms with van der Waals surface area (Å²) in [7, 11) is 0. The van der Waals surface area contributed by atoms with Crippen molar-refractivity contribution in [3.63, 3.8) is 0 Å². The zero-order valence-electron chi connectivity index (χ0n) is 6.85. The standard InChI is InChI=1S/C9H11F2N/c1-6-2-3-7(11)4-8(6)9(12)5-10/h2-4,9H,5,12H2,1H3. The van der Waals surface area contributed by atoms with Crippen LogP contribution in [-0.2, 0) is 0 Å². The minimum atomic E-state index is -0.708. The summed E-state index contributed by atoms with van der Waals surface area (Å²) >= 11 is 0. The van der Waals surface area contributed by atoms with Crippen molar-refractivity contribution in [2.45, 2.75) is 13.0 Å². The van der Waals surface area contributed by atoms with Crippen LogP contribution < -0.4 is 5.73 Å². The first-order chi connectivity index (χ1) is 5.65. The molecule has 0 heterocycles. The molecule has 0 radical (unpaired) electrons. The monoisotopic (exact) mass is 171 g/mol. The highest BCUT2D eigenvalue weighted by Gasteiger charge is 2.08. The van der Waals surface area contributed by atoms with Gasteiger partial charge in [-0.05, 0) is 30.2 Å². The summed E-state index contributed by atoms with van der Waals surface area (Å²) in [6.07, 6.45) is 0. The van der Waals surface area contributed by atoms with E-state index < -0.39 is 12.7 Å². The van der Waals surface area contributed by atoms with Gasteiger partial charge in [-0.25, -0.2) is 8.78 Å². The first-order valence-electron chi connectivity index (χ1n) is 3.72. The molecule has 0 spiro atoms. The van der Waals surface area contributed by atoms with Crippen LogP contribution in [0.5, 0.6) is 0 Å². The highest BCUT2D eigenvalue weighted by atomic mass is 19.1. The molecule has 0 saturated carbocycles. The summed E-state index contributed by atoms with van der Waals surface area (Å²) in [5, 5.41) is 0. The number of alkyl halides is 1. The zero-order valence-corrected chi connectivity index (χ0v) is 6.85. The molecule has 0 amide bonds. The Hall–Kier alpha value is -0.960. The van der Waals surface area contributed by atoms with E-state index in [0.717, 1.165) is 5.56 Å². The second kappa shape index (κ2) is 3.63. The highest BCUT2D eigenvalue weighted by Crippen LogP contribution is 2.17. The van der Waals surface area contributed by atoms with Gasteiger partial charge in [-0.2, -0.15) is 0 Å². The molecule has 3 heteroatoms. The van der Waals surface area contributed by atoms with Crippen molar-refractivity contribution < 1.29 is 8.78 Å². The Morgan fingerprint density at radius 1 is 1.50 bits per heavy atom. The third-order valence-electron chi connectivity index (χ3n) is 1.81. The van der Waals surface area contributed by atoms with E-state index in [4.69, 9.17) is 5.73 Å². The fraction of sp³-hybridized carbons (Fsp3) is 0.333. The van der Waals surface area contributed by atoms with E-state index in [1.54, 1.807) is 13.0 Å². The Morgan fingerprint density at radius 3 is 2.75 bits per heavy atom. The molecule has 1 aromatic rings. The summed E-state index contributed by atoms with van der Waals surface area (Å²) in [6, 6.07) is 3.50. The predicted molar refractivity (Wildman–Crippen MR) is 44.0 cm³/mol. The van der Waals surface area contributed by atoms with E-state index in [9.17, 15) is 8.78 Å². The minimum absolute atomic E-state index is 0.375. The fourth-order valence-electron chi connectivity index (χ4n) is 1.09. The van der Waals surface area contributed by atoms with Gasteiger partial charge < -0.3 is 5.73 Å². The van der Waals surface area contributed by atoms with Crippen LogP contribution in [0.4, 0.5) is 8.78 Å². The molecule has 0 fully saturated rings. The zero-order chi connectivity index (χ0) is 9.14. The van der Waals surface area contributed by atoms with E-state index >= 15 is 0 Å². The van der Waals surface area contributed by atoms with Gasteiger partial charge in [0.05, 0.1) is 6.04 Å². The van der Waals surface area contributed by atoms with Gasteiger partial charge in [0.1, 0.15) is 12.5 Å². The number of rotatable bonds is 2. The number of hydrogen-bond acceptors (Lipinski definition) is 1. The molecule has 12 heavy (non-hydrogen) atoms. The molecule has 0 saturated heterocycles. The summed E-state index contributed by atoms with van der Waals surface area (Å²) in [5.74, 6) is -0.375. The lowest BCUT2D eigenvalue weighted by Crippen LogP contribution is -2.13. The third kappa shape index (κ3) is 1.80. The first-order valence-corrected chi connectivity index (χ1v) is 3.72. The Kier molecular flexibility index (Phi) is 2.76. The van der Waals surface area contributed by atoms with Crippen molar-refractivity contribution in [1.29, 1.82) is 0 Å². The van der Waals surface area contributed by atoms with E-state index in [-0.39, 0.29) is 5.82 Å². The molecule has 0 aromatic heterocycles. The van der Waals surface area contributed by atoms with E-state index in [1.165, 1.54) is 12.1 Å². The average molecular weight is 171 g/mol. The van der Waals surface area contributed by atoms with Gasteiger partial charge in [0.25, 0.3) is 0 Å². The number of hydrogen-bond donors (Lipinski definition) is 1. The van der Waals surface area contributed by atoms with E-state index in [2.05, 4.69) is 0 Å². The summed E-state index contributed by atoms with van der Waals surface area (Å²) in [5.41, 5.74) is 6.78. The van der Waals surface area contributed by atoms with Gasteiger partial charge in [-0.1, -0.05) is 6.07 Å². The third-order valence-corrected chi connectivity index (χ3v) is 1.81. The molecule has 0 bridgehead atoms. The SMILES string of the molecule is Cc1ccc(F)cc1C(N)CF. The fourth-order valence-corrected chi connectivity index (χ4v) is 1.09. The first kappa shape index (κ1) is 9.13. The van der Waals surface area contributed by atoms with E-state index in [0.29, 0.717) is 5.56 Å². The van der Waals surface area contributed by atoms with Crippen LogP contribution in [0.1, 0.15) is 17.2 Å². The smallest absolute Gasteiger partial charge is 0.123 e. The van der Waals surface area contributed by atoms with Gasteiger partial charge >= 0.3 is 0 Å². The molecule has 1 rings (SSSR count). The van der Waals surface area contributed by atoms with Gasteiger partial charge in [0.2, 0.25) is 0 Å². The molecule has 0 aliphatic carbocycles. The summed E-state index contributed by atoms with van der Waals surface area (Å²) < 4.78 is 24.8. The van der Waals surface area contributed by atoms with Crippen molar-refractivity contribution in [3.8, 4) is 0 Å². The molecule has 0 aliphatic rings. The second-order valence-electron chi connectivity index (χ2n) is 2.76. The van der Waals surface area contributed by atoms with Crippen molar-refractivity contribution in [2.75, 3.05) is 6.67 Å². The molecule has 1 atom stereocenters. The van der Waals surface area contributed by atoms with Gasteiger partial charge in [0.15, 0.2) is 0 Å². The predicted octanol–water partition coefficient (Wildman–Crippen LogP) is 2.10. The Balaban J connectivity index is 3.04. The number of nitrogens with two attached hydrogens (primary N) is 1. The summed E-state index contributed by atoms with van der Waals surface area (Å²) in [4.78, 5) is 0. The second-order valence-corrected chi connectivity index (χ2v) is 2.76. The lowest BCUT2D eigenvalue weighted by atomic mass is 10.0. The van der Waals surface area contributed by atoms with Gasteiger partial charge in [0, 0.05) is 0 Å². The molecule has 0 aliphatic heterocycles. The van der Waals surface area contributed by atoms with Crippen LogP contribution in [0.25, 0.3) is 0 Å². The molecular weight excluding hydrogens is 160 g/mol. The van der Waals surface area contributed by atoms with E-state index in [1.807, 2.05) is 0 Å². The minimum Gasteiger partial charge on any atom is -0.322 e. The maximum absolute atomic E-state index is 12.7. The van der Waals surface area contributed by atoms with Crippen molar-refractivity contribution in [3.05, 3.63) is 35.1 Å². The molecule has 1 aromatic carbocycles. The molecule has 1 unspecified atom stereocenters. The van der Waals surface area contributed by atoms with Crippen LogP contribution in [0.2, 0.25) is 0 Å². The van der Waals surface area contributed by atoms with Crippen molar-refractivity contribution in [2.24, 2.45) is 5.73 Å². The molecule has 2 N–H and O–H groups in total. The topological polar surface area (TPSA) is 26.0 Å². The lowest BCUT2D eigenvalue weighted by Gasteiger charge is -2.10. The number of benzene rings is 1. The van der Waals surface area contributed by atoms with Crippen LogP contribution in [-0.4, -0.2) is 6.67 Å². The maximum atomic E-state index is 12.7. The van der Waals surface area contributed by atoms with Crippen LogP contribution in [0.15, 0.2) is 18.2 Å². The quantitative estimate of drug-likeness (QED) is 0.724. The lowest BCUT2D eigenvalue weighted by molar-refractivity contribution is 0.435. The Morgan fingerprint density at radius 2 is 2.17 bits per heavy atom. The molecule has 1 nitrogen and oxygen atoms in total. The maximum Gasteiger partial charge on any atom is 0.123 e. The summed E-state index contributed by atoms with van der Waals surface area (Å²) in [6.45, 7) is 1.12. The van der Waals surface area contributed by atoms with Crippen LogP contribution in [0.3, 0.4) is 0 Å². The molecule has 66 valence electrons. The average Bonchev–Trinajstić information content (AvgIpc) is 2.08. The Bertz CT molecular complexity index is 273. The highest BCUT2D eigenvalue weighted by molar-refractivity contribution is 5.29. The number of aryl methyl sites for hydroxylation is 1. The normalized spacial score (nSPS) is 13.0. The van der Waals surface area contributed by atoms with Crippen LogP contribution >= 0.6 is 0 Å². The van der Waals surface area contributed by atoms with Gasteiger partial charge in [-0.3, -0.25) is 0 Å². The number of halogens is 2. The van der Waals surface area contributed by atoms with Gasteiger partial charge in [-0.15, -0.1) is 0 Å². The van der Waals surface area contributed by atoms with Crippen LogP contribution in [0, 0.1) is 12.7 Å².